The Balaban J connectivity index is 1.67. The molecule has 10 heteroatoms. The van der Waals surface area contributed by atoms with Crippen molar-refractivity contribution in [2.24, 2.45) is 13.0 Å². The van der Waals surface area contributed by atoms with Gasteiger partial charge in [0, 0.05) is 37.4 Å². The summed E-state index contributed by atoms with van der Waals surface area (Å²) in [7, 11) is -1.51. The maximum Gasteiger partial charge on any atom is 0.230 e. The fraction of sp³-hybridized carbons (Fsp3) is 0.321. The number of fused-ring (bicyclic) bond motifs is 3. The van der Waals surface area contributed by atoms with E-state index in [1.165, 1.54) is 5.56 Å². The average Bonchev–Trinajstić information content (AvgIpc) is 3.40. The Hall–Kier alpha value is -3.76. The summed E-state index contributed by atoms with van der Waals surface area (Å²) in [4.78, 5) is 14.3. The second-order valence-corrected chi connectivity index (χ2v) is 11.7. The van der Waals surface area contributed by atoms with Crippen LogP contribution in [0.3, 0.4) is 0 Å². The maximum absolute atomic E-state index is 12.0. The summed E-state index contributed by atoms with van der Waals surface area (Å²) in [6.07, 6.45) is 6.65. The van der Waals surface area contributed by atoms with Gasteiger partial charge in [0.05, 0.1) is 41.0 Å². The number of benzene rings is 1. The first-order chi connectivity index (χ1) is 18.3. The fourth-order valence-corrected chi connectivity index (χ4v) is 6.20. The van der Waals surface area contributed by atoms with Crippen molar-refractivity contribution in [1.82, 2.24) is 24.1 Å². The third-order valence-electron chi connectivity index (χ3n) is 7.30. The van der Waals surface area contributed by atoms with Crippen LogP contribution in [0.25, 0.3) is 33.3 Å². The van der Waals surface area contributed by atoms with E-state index >= 15 is 0 Å². The molecule has 0 unspecified atom stereocenters. The molecule has 5 heterocycles. The van der Waals surface area contributed by atoms with E-state index in [0.29, 0.717) is 24.8 Å². The summed E-state index contributed by atoms with van der Waals surface area (Å²) in [6, 6.07) is 16.2. The third kappa shape index (κ3) is 4.43. The molecule has 4 aromatic heterocycles. The van der Waals surface area contributed by atoms with Crippen molar-refractivity contribution in [3.8, 4) is 11.3 Å². The number of hydrogen-bond acceptors (Lipinski definition) is 6. The van der Waals surface area contributed by atoms with Gasteiger partial charge in [-0.25, -0.2) is 18.4 Å². The van der Waals surface area contributed by atoms with Gasteiger partial charge in [0.25, 0.3) is 0 Å². The molecule has 38 heavy (non-hydrogen) atoms. The second-order valence-electron chi connectivity index (χ2n) is 10.00. The predicted molar refractivity (Wildman–Crippen MR) is 149 cm³/mol. The normalized spacial score (nSPS) is 15.8. The summed E-state index contributed by atoms with van der Waals surface area (Å²) in [5, 5.41) is 0.875. The molecule has 1 aliphatic rings. The van der Waals surface area contributed by atoms with Crippen molar-refractivity contribution in [2.45, 2.75) is 25.8 Å². The lowest BCUT2D eigenvalue weighted by atomic mass is 9.86. The van der Waals surface area contributed by atoms with Gasteiger partial charge in [0.2, 0.25) is 10.0 Å². The van der Waals surface area contributed by atoms with Crippen molar-refractivity contribution in [2.75, 3.05) is 24.2 Å². The van der Waals surface area contributed by atoms with Crippen LogP contribution in [0.15, 0.2) is 61.1 Å². The Morgan fingerprint density at radius 3 is 2.53 bits per heavy atom. The molecular weight excluding hydrogens is 500 g/mol. The number of pyridine rings is 2. The van der Waals surface area contributed by atoms with Crippen LogP contribution in [-0.2, 0) is 21.8 Å². The standard InChI is InChI=1S/C28H30N6O3S/c1-18-26(33(2)17-30-18)21-15-23-25(29-16-21)22-9-10-24(32-38(3,35)36)31-28(22)34(23)27(19-7-5-4-6-8-19)20-11-13-37-14-12-20/h4-10,15-17,20,27H,11-14H2,1-3H3,(H,31,32)/t27-/m1/s1. The average molecular weight is 531 g/mol. The van der Waals surface area contributed by atoms with E-state index in [2.05, 4.69) is 44.6 Å². The number of hydrogen-bond donors (Lipinski definition) is 1. The van der Waals surface area contributed by atoms with Crippen molar-refractivity contribution < 1.29 is 13.2 Å². The number of anilines is 1. The SMILES string of the molecule is Cc1ncn(C)c1-c1cnc2c3ccc(NS(C)(=O)=O)nc3n([C@H](c3ccccc3)C3CCOCC3)c2c1. The first-order valence-corrected chi connectivity index (χ1v) is 14.6. The topological polar surface area (TPSA) is 104 Å². The van der Waals surface area contributed by atoms with Crippen LogP contribution in [0, 0.1) is 12.8 Å². The van der Waals surface area contributed by atoms with Crippen molar-refractivity contribution >= 4 is 37.9 Å². The molecule has 1 N–H and O–H groups in total. The molecule has 6 rings (SSSR count). The molecule has 0 spiro atoms. The first-order valence-electron chi connectivity index (χ1n) is 12.7. The van der Waals surface area contributed by atoms with Crippen molar-refractivity contribution in [1.29, 1.82) is 0 Å². The highest BCUT2D eigenvalue weighted by Crippen LogP contribution is 2.41. The van der Waals surface area contributed by atoms with E-state index in [0.717, 1.165) is 52.5 Å². The van der Waals surface area contributed by atoms with Crippen LogP contribution in [0.4, 0.5) is 5.82 Å². The minimum Gasteiger partial charge on any atom is -0.381 e. The molecule has 1 atom stereocenters. The minimum absolute atomic E-state index is 0.0363. The predicted octanol–water partition coefficient (Wildman–Crippen LogP) is 4.68. The zero-order chi connectivity index (χ0) is 26.4. The van der Waals surface area contributed by atoms with Crippen LogP contribution in [-0.4, -0.2) is 52.0 Å². The Kier molecular flexibility index (Phi) is 6.16. The lowest BCUT2D eigenvalue weighted by molar-refractivity contribution is 0.0552. The number of rotatable bonds is 6. The Labute approximate surface area is 221 Å². The van der Waals surface area contributed by atoms with E-state index in [9.17, 15) is 8.42 Å². The van der Waals surface area contributed by atoms with Gasteiger partial charge in [-0.15, -0.1) is 0 Å². The Bertz CT molecular complexity index is 1720. The van der Waals surface area contributed by atoms with Gasteiger partial charge < -0.3 is 13.9 Å². The molecule has 0 radical (unpaired) electrons. The van der Waals surface area contributed by atoms with Crippen LogP contribution in [0.2, 0.25) is 0 Å². The number of nitrogens with one attached hydrogen (secondary N) is 1. The second kappa shape index (κ2) is 9.52. The molecule has 5 aromatic rings. The van der Waals surface area contributed by atoms with Crippen LogP contribution in [0.1, 0.15) is 30.1 Å². The molecule has 0 amide bonds. The van der Waals surface area contributed by atoms with E-state index in [-0.39, 0.29) is 11.9 Å². The van der Waals surface area contributed by atoms with E-state index in [1.807, 2.05) is 43.2 Å². The van der Waals surface area contributed by atoms with E-state index in [4.69, 9.17) is 14.7 Å². The van der Waals surface area contributed by atoms with Crippen LogP contribution >= 0.6 is 0 Å². The third-order valence-corrected chi connectivity index (χ3v) is 7.88. The number of ether oxygens (including phenoxy) is 1. The number of aromatic nitrogens is 5. The highest BCUT2D eigenvalue weighted by molar-refractivity contribution is 7.92. The lowest BCUT2D eigenvalue weighted by Gasteiger charge is -2.32. The van der Waals surface area contributed by atoms with E-state index in [1.54, 1.807) is 6.07 Å². The number of imidazole rings is 1. The lowest BCUT2D eigenvalue weighted by Crippen LogP contribution is -2.27. The monoisotopic (exact) mass is 530 g/mol. The summed E-state index contributed by atoms with van der Waals surface area (Å²) >= 11 is 0. The molecule has 1 aromatic carbocycles. The van der Waals surface area contributed by atoms with Crippen molar-refractivity contribution in [3.05, 3.63) is 72.3 Å². The summed E-state index contributed by atoms with van der Waals surface area (Å²) in [5.41, 5.74) is 6.54. The van der Waals surface area contributed by atoms with Gasteiger partial charge >= 0.3 is 0 Å². The van der Waals surface area contributed by atoms with E-state index < -0.39 is 10.0 Å². The fourth-order valence-electron chi connectivity index (χ4n) is 5.71. The van der Waals surface area contributed by atoms with Gasteiger partial charge in [-0.1, -0.05) is 30.3 Å². The first kappa shape index (κ1) is 24.6. The van der Waals surface area contributed by atoms with Crippen molar-refractivity contribution in [3.63, 3.8) is 0 Å². The number of sulfonamides is 1. The zero-order valence-electron chi connectivity index (χ0n) is 21.6. The molecule has 0 saturated carbocycles. The minimum atomic E-state index is -3.49. The number of nitrogens with zero attached hydrogens (tertiary/aromatic N) is 5. The van der Waals surface area contributed by atoms with Gasteiger partial charge in [-0.05, 0) is 49.4 Å². The molecule has 0 bridgehead atoms. The summed E-state index contributed by atoms with van der Waals surface area (Å²) in [5.74, 6) is 0.589. The summed E-state index contributed by atoms with van der Waals surface area (Å²) in [6.45, 7) is 3.41. The summed E-state index contributed by atoms with van der Waals surface area (Å²) < 4.78 is 36.6. The van der Waals surface area contributed by atoms with Crippen LogP contribution in [0.5, 0.6) is 0 Å². The molecule has 1 aliphatic heterocycles. The molecule has 1 saturated heterocycles. The highest BCUT2D eigenvalue weighted by atomic mass is 32.2. The van der Waals surface area contributed by atoms with Gasteiger partial charge in [0.15, 0.2) is 0 Å². The smallest absolute Gasteiger partial charge is 0.230 e. The number of aryl methyl sites for hydroxylation is 2. The molecule has 1 fully saturated rings. The van der Waals surface area contributed by atoms with Gasteiger partial charge in [-0.3, -0.25) is 9.71 Å². The van der Waals surface area contributed by atoms with Crippen LogP contribution < -0.4 is 4.72 Å². The molecule has 9 nitrogen and oxygen atoms in total. The Morgan fingerprint density at radius 2 is 1.84 bits per heavy atom. The molecule has 0 aliphatic carbocycles. The molecule has 196 valence electrons. The molecular formula is C28H30N6O3S. The quantitative estimate of drug-likeness (QED) is 0.342. The largest absolute Gasteiger partial charge is 0.381 e. The zero-order valence-corrected chi connectivity index (χ0v) is 22.4. The van der Waals surface area contributed by atoms with Gasteiger partial charge in [-0.2, -0.15) is 0 Å². The van der Waals surface area contributed by atoms with Gasteiger partial charge in [0.1, 0.15) is 11.5 Å². The highest BCUT2D eigenvalue weighted by Gasteiger charge is 2.31. The Morgan fingerprint density at radius 1 is 1.08 bits per heavy atom. The maximum atomic E-state index is 12.0.